The van der Waals surface area contributed by atoms with Crippen LogP contribution in [0.25, 0.3) is 0 Å². The summed E-state index contributed by atoms with van der Waals surface area (Å²) in [6.07, 6.45) is 5.37. The highest BCUT2D eigenvalue weighted by Crippen LogP contribution is 2.49. The van der Waals surface area contributed by atoms with E-state index in [0.29, 0.717) is 12.5 Å². The van der Waals surface area contributed by atoms with Gasteiger partial charge in [-0.05, 0) is 50.9 Å². The van der Waals surface area contributed by atoms with Crippen molar-refractivity contribution in [3.63, 3.8) is 0 Å². The van der Waals surface area contributed by atoms with Gasteiger partial charge in [0.05, 0.1) is 18.8 Å². The van der Waals surface area contributed by atoms with E-state index in [-0.39, 0.29) is 12.2 Å². The second-order valence-corrected chi connectivity index (χ2v) is 5.29. The highest BCUT2D eigenvalue weighted by Gasteiger charge is 2.42. The zero-order valence-electron chi connectivity index (χ0n) is 9.28. The van der Waals surface area contributed by atoms with Crippen molar-refractivity contribution in [3.05, 3.63) is 0 Å². The summed E-state index contributed by atoms with van der Waals surface area (Å²) in [4.78, 5) is 0. The predicted molar refractivity (Wildman–Crippen MR) is 56.0 cm³/mol. The molecule has 2 bridgehead atoms. The summed E-state index contributed by atoms with van der Waals surface area (Å²) in [5.74, 6) is 2.25. The van der Waals surface area contributed by atoms with Crippen LogP contribution in [0.5, 0.6) is 0 Å². The van der Waals surface area contributed by atoms with Crippen LogP contribution in [0.1, 0.15) is 39.5 Å². The first-order valence-electron chi connectivity index (χ1n) is 5.96. The first-order chi connectivity index (χ1) is 6.66. The standard InChI is InChI=1S/C12H22O2/c1-8(2)14-7-12(13)11-6-9-3-4-10(11)5-9/h8-13H,3-7H2,1-2H3. The highest BCUT2D eigenvalue weighted by atomic mass is 16.5. The average molecular weight is 198 g/mol. The lowest BCUT2D eigenvalue weighted by atomic mass is 9.85. The van der Waals surface area contributed by atoms with Gasteiger partial charge >= 0.3 is 0 Å². The molecule has 2 saturated carbocycles. The lowest BCUT2D eigenvalue weighted by Gasteiger charge is -2.27. The van der Waals surface area contributed by atoms with Crippen LogP contribution in [-0.2, 0) is 4.74 Å². The Morgan fingerprint density at radius 3 is 2.57 bits per heavy atom. The van der Waals surface area contributed by atoms with Crippen LogP contribution in [0.3, 0.4) is 0 Å². The molecule has 82 valence electrons. The molecule has 0 heterocycles. The molecule has 4 unspecified atom stereocenters. The van der Waals surface area contributed by atoms with Gasteiger partial charge in [0.15, 0.2) is 0 Å². The zero-order valence-corrected chi connectivity index (χ0v) is 9.28. The van der Waals surface area contributed by atoms with Crippen molar-refractivity contribution in [1.82, 2.24) is 0 Å². The van der Waals surface area contributed by atoms with Crippen molar-refractivity contribution in [2.75, 3.05) is 6.61 Å². The molecule has 1 N–H and O–H groups in total. The molecule has 4 atom stereocenters. The van der Waals surface area contributed by atoms with Crippen molar-refractivity contribution in [2.45, 2.75) is 51.7 Å². The SMILES string of the molecule is CC(C)OCC(O)C1CC2CCC1C2. The van der Waals surface area contributed by atoms with Crippen LogP contribution in [0.2, 0.25) is 0 Å². The highest BCUT2D eigenvalue weighted by molar-refractivity contribution is 4.92. The molecule has 0 aromatic heterocycles. The molecule has 0 aromatic rings. The maximum atomic E-state index is 9.99. The second kappa shape index (κ2) is 4.19. The third-order valence-corrected chi connectivity index (χ3v) is 3.89. The first kappa shape index (κ1) is 10.4. The largest absolute Gasteiger partial charge is 0.390 e. The Morgan fingerprint density at radius 1 is 1.29 bits per heavy atom. The molecular weight excluding hydrogens is 176 g/mol. The number of fused-ring (bicyclic) bond motifs is 2. The Bertz CT molecular complexity index is 191. The van der Waals surface area contributed by atoms with Crippen molar-refractivity contribution in [2.24, 2.45) is 17.8 Å². The third-order valence-electron chi connectivity index (χ3n) is 3.89. The molecule has 0 saturated heterocycles. The Kier molecular flexibility index (Phi) is 3.13. The monoisotopic (exact) mass is 198 g/mol. The number of aliphatic hydroxyl groups excluding tert-OH is 1. The van der Waals surface area contributed by atoms with Crippen molar-refractivity contribution >= 4 is 0 Å². The Hall–Kier alpha value is -0.0800. The minimum Gasteiger partial charge on any atom is -0.390 e. The van der Waals surface area contributed by atoms with Gasteiger partial charge in [-0.2, -0.15) is 0 Å². The molecule has 0 radical (unpaired) electrons. The first-order valence-corrected chi connectivity index (χ1v) is 5.96. The topological polar surface area (TPSA) is 29.5 Å². The van der Waals surface area contributed by atoms with E-state index in [9.17, 15) is 5.11 Å². The van der Waals surface area contributed by atoms with Crippen LogP contribution < -0.4 is 0 Å². The predicted octanol–water partition coefficient (Wildman–Crippen LogP) is 2.21. The molecule has 0 spiro atoms. The molecule has 2 heteroatoms. The van der Waals surface area contributed by atoms with E-state index in [1.54, 1.807) is 0 Å². The fourth-order valence-corrected chi connectivity index (χ4v) is 3.18. The van der Waals surface area contributed by atoms with Gasteiger partial charge in [-0.3, -0.25) is 0 Å². The summed E-state index contributed by atoms with van der Waals surface area (Å²) in [7, 11) is 0. The van der Waals surface area contributed by atoms with Crippen LogP contribution in [0.15, 0.2) is 0 Å². The number of rotatable bonds is 4. The molecule has 2 aliphatic rings. The number of hydrogen-bond donors (Lipinski definition) is 1. The number of aliphatic hydroxyl groups is 1. The summed E-state index contributed by atoms with van der Waals surface area (Å²) in [5.41, 5.74) is 0. The summed E-state index contributed by atoms with van der Waals surface area (Å²) < 4.78 is 5.47. The van der Waals surface area contributed by atoms with E-state index in [2.05, 4.69) is 0 Å². The maximum absolute atomic E-state index is 9.99. The van der Waals surface area contributed by atoms with E-state index in [1.807, 2.05) is 13.8 Å². The van der Waals surface area contributed by atoms with Gasteiger partial charge in [0.2, 0.25) is 0 Å². The number of hydrogen-bond acceptors (Lipinski definition) is 2. The molecule has 2 aliphatic carbocycles. The summed E-state index contributed by atoms with van der Waals surface area (Å²) in [6.45, 7) is 4.58. The van der Waals surface area contributed by atoms with Crippen LogP contribution in [0, 0.1) is 17.8 Å². The van der Waals surface area contributed by atoms with E-state index in [0.717, 1.165) is 11.8 Å². The lowest BCUT2D eigenvalue weighted by Crippen LogP contribution is -2.30. The second-order valence-electron chi connectivity index (χ2n) is 5.29. The zero-order chi connectivity index (χ0) is 10.1. The smallest absolute Gasteiger partial charge is 0.0804 e. The van der Waals surface area contributed by atoms with Crippen LogP contribution >= 0.6 is 0 Å². The van der Waals surface area contributed by atoms with Crippen molar-refractivity contribution in [1.29, 1.82) is 0 Å². The molecule has 2 fully saturated rings. The van der Waals surface area contributed by atoms with Crippen LogP contribution in [-0.4, -0.2) is 23.9 Å². The van der Waals surface area contributed by atoms with Gasteiger partial charge in [-0.1, -0.05) is 6.42 Å². The summed E-state index contributed by atoms with van der Waals surface area (Å²) in [6, 6.07) is 0. The minimum atomic E-state index is -0.215. The molecule has 2 rings (SSSR count). The van der Waals surface area contributed by atoms with Gasteiger partial charge in [0, 0.05) is 0 Å². The van der Waals surface area contributed by atoms with Crippen LogP contribution in [0.4, 0.5) is 0 Å². The molecule has 0 aliphatic heterocycles. The third kappa shape index (κ3) is 2.12. The van der Waals surface area contributed by atoms with Crippen molar-refractivity contribution in [3.8, 4) is 0 Å². The van der Waals surface area contributed by atoms with Gasteiger partial charge < -0.3 is 9.84 Å². The molecule has 14 heavy (non-hydrogen) atoms. The lowest BCUT2D eigenvalue weighted by molar-refractivity contribution is -0.0308. The number of ether oxygens (including phenoxy) is 1. The fourth-order valence-electron chi connectivity index (χ4n) is 3.18. The average Bonchev–Trinajstić information content (AvgIpc) is 2.74. The molecule has 2 nitrogen and oxygen atoms in total. The normalized spacial score (nSPS) is 38.1. The minimum absolute atomic E-state index is 0.215. The van der Waals surface area contributed by atoms with Crippen molar-refractivity contribution < 1.29 is 9.84 Å². The van der Waals surface area contributed by atoms with Gasteiger partial charge in [0.25, 0.3) is 0 Å². The Balaban J connectivity index is 1.78. The van der Waals surface area contributed by atoms with Gasteiger partial charge in [0.1, 0.15) is 0 Å². The molecule has 0 amide bonds. The fraction of sp³-hybridized carbons (Fsp3) is 1.00. The quantitative estimate of drug-likeness (QED) is 0.750. The van der Waals surface area contributed by atoms with E-state index in [1.165, 1.54) is 25.7 Å². The Morgan fingerprint density at radius 2 is 2.07 bits per heavy atom. The van der Waals surface area contributed by atoms with E-state index >= 15 is 0 Å². The maximum Gasteiger partial charge on any atom is 0.0804 e. The summed E-state index contributed by atoms with van der Waals surface area (Å²) in [5, 5.41) is 9.99. The summed E-state index contributed by atoms with van der Waals surface area (Å²) >= 11 is 0. The van der Waals surface area contributed by atoms with E-state index in [4.69, 9.17) is 4.74 Å². The van der Waals surface area contributed by atoms with E-state index < -0.39 is 0 Å². The van der Waals surface area contributed by atoms with Gasteiger partial charge in [-0.15, -0.1) is 0 Å². The molecular formula is C12H22O2. The molecule has 0 aromatic carbocycles. The van der Waals surface area contributed by atoms with Gasteiger partial charge in [-0.25, -0.2) is 0 Å². The Labute approximate surface area is 86.6 Å².